The Kier molecular flexibility index (Phi) is 4.76. The van der Waals surface area contributed by atoms with Crippen molar-refractivity contribution < 1.29 is 4.39 Å². The highest BCUT2D eigenvalue weighted by molar-refractivity contribution is 6.31. The first kappa shape index (κ1) is 17.6. The zero-order chi connectivity index (χ0) is 18.3. The van der Waals surface area contributed by atoms with Crippen LogP contribution < -0.4 is 0 Å². The van der Waals surface area contributed by atoms with E-state index in [0.717, 1.165) is 43.1 Å². The third-order valence-corrected chi connectivity index (χ3v) is 5.90. The van der Waals surface area contributed by atoms with Gasteiger partial charge in [-0.2, -0.15) is 0 Å². The fourth-order valence-corrected chi connectivity index (χ4v) is 4.37. The van der Waals surface area contributed by atoms with Crippen LogP contribution in [0.4, 0.5) is 4.39 Å². The van der Waals surface area contributed by atoms with Gasteiger partial charge in [-0.1, -0.05) is 30.7 Å². The molecule has 0 radical (unpaired) electrons. The Morgan fingerprint density at radius 1 is 1.15 bits per heavy atom. The van der Waals surface area contributed by atoms with Gasteiger partial charge in [-0.15, -0.1) is 0 Å². The topological polar surface area (TPSA) is 8.17 Å². The standard InChI is InChI=1S/C22H24ClFN2/c1-3-25-14-20-19-13-17(23)6-9-21(19)26(22(20)12-15(25)2)11-10-16-4-7-18(24)8-5-16/h4-9,13,15H,3,10-12,14H2,1-2H3. The first-order valence-electron chi connectivity index (χ1n) is 9.34. The van der Waals surface area contributed by atoms with Crippen molar-refractivity contribution in [3.63, 3.8) is 0 Å². The van der Waals surface area contributed by atoms with Crippen LogP contribution in [0.1, 0.15) is 30.7 Å². The maximum absolute atomic E-state index is 13.2. The van der Waals surface area contributed by atoms with E-state index in [1.807, 2.05) is 18.2 Å². The van der Waals surface area contributed by atoms with Gasteiger partial charge in [-0.3, -0.25) is 4.90 Å². The van der Waals surface area contributed by atoms with E-state index >= 15 is 0 Å². The molecule has 2 aromatic carbocycles. The summed E-state index contributed by atoms with van der Waals surface area (Å²) < 4.78 is 15.6. The maximum Gasteiger partial charge on any atom is 0.123 e. The fourth-order valence-electron chi connectivity index (χ4n) is 4.20. The van der Waals surface area contributed by atoms with Crippen molar-refractivity contribution in [2.45, 2.75) is 45.8 Å². The average molecular weight is 371 g/mol. The van der Waals surface area contributed by atoms with Crippen LogP contribution in [-0.2, 0) is 25.9 Å². The summed E-state index contributed by atoms with van der Waals surface area (Å²) in [5, 5.41) is 2.06. The molecule has 1 atom stereocenters. The summed E-state index contributed by atoms with van der Waals surface area (Å²) in [6.45, 7) is 7.47. The predicted molar refractivity (Wildman–Crippen MR) is 106 cm³/mol. The second-order valence-electron chi connectivity index (χ2n) is 7.23. The first-order valence-corrected chi connectivity index (χ1v) is 9.72. The molecule has 26 heavy (non-hydrogen) atoms. The Morgan fingerprint density at radius 3 is 2.65 bits per heavy atom. The Labute approximate surface area is 159 Å². The highest BCUT2D eigenvalue weighted by atomic mass is 35.5. The molecule has 4 heteroatoms. The van der Waals surface area contributed by atoms with Crippen LogP contribution in [0.2, 0.25) is 5.02 Å². The van der Waals surface area contributed by atoms with Crippen LogP contribution in [0, 0.1) is 5.82 Å². The lowest BCUT2D eigenvalue weighted by atomic mass is 9.99. The van der Waals surface area contributed by atoms with Crippen molar-refractivity contribution in [3.05, 3.63) is 70.1 Å². The van der Waals surface area contributed by atoms with Gasteiger partial charge in [-0.25, -0.2) is 4.39 Å². The zero-order valence-electron chi connectivity index (χ0n) is 15.3. The molecular weight excluding hydrogens is 347 g/mol. The molecule has 1 unspecified atom stereocenters. The number of rotatable bonds is 4. The molecule has 0 aliphatic carbocycles. The van der Waals surface area contributed by atoms with E-state index in [-0.39, 0.29) is 5.82 Å². The summed E-state index contributed by atoms with van der Waals surface area (Å²) in [5.74, 6) is -0.180. The maximum atomic E-state index is 13.2. The van der Waals surface area contributed by atoms with Gasteiger partial charge >= 0.3 is 0 Å². The molecule has 0 spiro atoms. The third kappa shape index (κ3) is 3.15. The quantitative estimate of drug-likeness (QED) is 0.593. The van der Waals surface area contributed by atoms with Gasteiger partial charge in [0.15, 0.2) is 0 Å². The normalized spacial score (nSPS) is 17.6. The van der Waals surface area contributed by atoms with E-state index in [9.17, 15) is 4.39 Å². The molecule has 136 valence electrons. The number of hydrogen-bond donors (Lipinski definition) is 0. The van der Waals surface area contributed by atoms with E-state index in [1.165, 1.54) is 22.2 Å². The predicted octanol–water partition coefficient (Wildman–Crippen LogP) is 5.44. The molecule has 3 aromatic rings. The molecular formula is C22H24ClFN2. The fraction of sp³-hybridized carbons (Fsp3) is 0.364. The lowest BCUT2D eigenvalue weighted by Crippen LogP contribution is -2.38. The average Bonchev–Trinajstić information content (AvgIpc) is 2.92. The second-order valence-corrected chi connectivity index (χ2v) is 7.67. The van der Waals surface area contributed by atoms with Crippen molar-refractivity contribution in [3.8, 4) is 0 Å². The summed E-state index contributed by atoms with van der Waals surface area (Å²) in [6, 6.07) is 13.6. The van der Waals surface area contributed by atoms with Crippen molar-refractivity contribution >= 4 is 22.5 Å². The van der Waals surface area contributed by atoms with E-state index in [4.69, 9.17) is 11.6 Å². The highest BCUT2D eigenvalue weighted by Gasteiger charge is 2.27. The zero-order valence-corrected chi connectivity index (χ0v) is 16.1. The van der Waals surface area contributed by atoms with Crippen LogP contribution in [0.3, 0.4) is 0 Å². The molecule has 4 rings (SSSR count). The summed E-state index contributed by atoms with van der Waals surface area (Å²) in [6.07, 6.45) is 1.95. The summed E-state index contributed by atoms with van der Waals surface area (Å²) in [7, 11) is 0. The number of halogens is 2. The molecule has 2 nitrogen and oxygen atoms in total. The molecule has 1 aliphatic heterocycles. The molecule has 2 heterocycles. The Bertz CT molecular complexity index is 929. The molecule has 1 aromatic heterocycles. The van der Waals surface area contributed by atoms with Gasteiger partial charge < -0.3 is 4.57 Å². The Hall–Kier alpha value is -1.84. The molecule has 0 amide bonds. The number of benzene rings is 2. The van der Waals surface area contributed by atoms with Crippen LogP contribution in [-0.4, -0.2) is 22.1 Å². The van der Waals surface area contributed by atoms with Crippen LogP contribution >= 0.6 is 11.6 Å². The lowest BCUT2D eigenvalue weighted by molar-refractivity contribution is 0.192. The van der Waals surface area contributed by atoms with E-state index in [1.54, 1.807) is 12.1 Å². The number of aromatic nitrogens is 1. The minimum Gasteiger partial charge on any atom is -0.344 e. The van der Waals surface area contributed by atoms with Crippen LogP contribution in [0.5, 0.6) is 0 Å². The monoisotopic (exact) mass is 370 g/mol. The SMILES string of the molecule is CCN1Cc2c(n(CCc3ccc(F)cc3)c3ccc(Cl)cc23)CC1C. The first-order chi connectivity index (χ1) is 12.6. The number of likely N-dealkylation sites (N-methyl/N-ethyl adjacent to an activating group) is 1. The number of hydrogen-bond acceptors (Lipinski definition) is 1. The Morgan fingerprint density at radius 2 is 1.92 bits per heavy atom. The number of aryl methyl sites for hydroxylation is 2. The van der Waals surface area contributed by atoms with Gasteiger partial charge in [0.25, 0.3) is 0 Å². The molecule has 0 fully saturated rings. The molecule has 0 bridgehead atoms. The summed E-state index contributed by atoms with van der Waals surface area (Å²) >= 11 is 6.30. The number of nitrogens with zero attached hydrogens (tertiary/aromatic N) is 2. The molecule has 0 N–H and O–H groups in total. The summed E-state index contributed by atoms with van der Waals surface area (Å²) in [5.41, 5.74) is 5.27. The van der Waals surface area contributed by atoms with Gasteiger partial charge in [-0.05, 0) is 61.3 Å². The van der Waals surface area contributed by atoms with E-state index in [2.05, 4.69) is 35.4 Å². The lowest BCUT2D eigenvalue weighted by Gasteiger charge is -2.33. The summed E-state index contributed by atoms with van der Waals surface area (Å²) in [4.78, 5) is 2.52. The van der Waals surface area contributed by atoms with Crippen molar-refractivity contribution in [1.29, 1.82) is 0 Å². The van der Waals surface area contributed by atoms with Gasteiger partial charge in [0.1, 0.15) is 5.82 Å². The van der Waals surface area contributed by atoms with Crippen LogP contribution in [0.25, 0.3) is 10.9 Å². The second kappa shape index (κ2) is 7.05. The van der Waals surface area contributed by atoms with Gasteiger partial charge in [0.05, 0.1) is 0 Å². The van der Waals surface area contributed by atoms with Gasteiger partial charge in [0.2, 0.25) is 0 Å². The van der Waals surface area contributed by atoms with Crippen molar-refractivity contribution in [2.75, 3.05) is 6.54 Å². The molecule has 0 saturated heterocycles. The molecule has 0 saturated carbocycles. The highest BCUT2D eigenvalue weighted by Crippen LogP contribution is 2.34. The third-order valence-electron chi connectivity index (χ3n) is 5.67. The largest absolute Gasteiger partial charge is 0.344 e. The smallest absolute Gasteiger partial charge is 0.123 e. The minimum atomic E-state index is -0.180. The van der Waals surface area contributed by atoms with Gasteiger partial charge in [0, 0.05) is 47.2 Å². The minimum absolute atomic E-state index is 0.180. The molecule has 1 aliphatic rings. The van der Waals surface area contributed by atoms with Crippen LogP contribution in [0.15, 0.2) is 42.5 Å². The van der Waals surface area contributed by atoms with E-state index in [0.29, 0.717) is 6.04 Å². The van der Waals surface area contributed by atoms with Crippen molar-refractivity contribution in [2.24, 2.45) is 0 Å². The van der Waals surface area contributed by atoms with E-state index < -0.39 is 0 Å². The Balaban J connectivity index is 1.74. The van der Waals surface area contributed by atoms with Crippen molar-refractivity contribution in [1.82, 2.24) is 9.47 Å². The number of fused-ring (bicyclic) bond motifs is 3.